The molecule has 0 bridgehead atoms. The van der Waals surface area contributed by atoms with Gasteiger partial charge in [0.2, 0.25) is 0 Å². The molecule has 5 aromatic rings. The number of aromatic nitrogens is 3. The second kappa shape index (κ2) is 7.84. The molecule has 0 unspecified atom stereocenters. The highest BCUT2D eigenvalue weighted by Crippen LogP contribution is 2.39. The summed E-state index contributed by atoms with van der Waals surface area (Å²) >= 11 is 6.25. The van der Waals surface area contributed by atoms with Crippen LogP contribution in [-0.4, -0.2) is 15.0 Å². The van der Waals surface area contributed by atoms with Gasteiger partial charge in [-0.2, -0.15) is 13.2 Å². The zero-order chi connectivity index (χ0) is 24.3. The Morgan fingerprint density at radius 2 is 1.50 bits per heavy atom. The first kappa shape index (κ1) is 22.4. The van der Waals surface area contributed by atoms with E-state index in [1.807, 2.05) is 42.5 Å². The van der Waals surface area contributed by atoms with Crippen LogP contribution in [0.25, 0.3) is 44.5 Å². The van der Waals surface area contributed by atoms with Gasteiger partial charge in [-0.25, -0.2) is 4.98 Å². The third-order valence-corrected chi connectivity index (χ3v) is 6.24. The molecule has 0 aliphatic carbocycles. The van der Waals surface area contributed by atoms with Crippen LogP contribution in [0.5, 0.6) is 0 Å². The molecule has 0 radical (unpaired) electrons. The standard InChI is InChI=1S/C27H21ClF3N3/c1-26(2,3)15-8-11-22-23(13-15)34-25(33-22)20-10-9-19(17-6-4-5-7-18(17)20)24-21(28)12-16(14-32-24)27(29,30)31/h4-14H,1-3H3,(H,33,34). The molecular weight excluding hydrogens is 459 g/mol. The first-order valence-electron chi connectivity index (χ1n) is 10.8. The Balaban J connectivity index is 1.66. The van der Waals surface area contributed by atoms with Gasteiger partial charge in [-0.15, -0.1) is 0 Å². The molecule has 0 atom stereocenters. The number of benzene rings is 3. The number of rotatable bonds is 2. The number of alkyl halides is 3. The third kappa shape index (κ3) is 3.92. The van der Waals surface area contributed by atoms with E-state index in [4.69, 9.17) is 16.6 Å². The second-order valence-electron chi connectivity index (χ2n) is 9.33. The lowest BCUT2D eigenvalue weighted by Crippen LogP contribution is -2.10. The molecule has 0 saturated heterocycles. The van der Waals surface area contributed by atoms with Crippen LogP contribution in [0.1, 0.15) is 31.9 Å². The molecule has 2 heterocycles. The maximum atomic E-state index is 13.1. The molecule has 7 heteroatoms. The fraction of sp³-hybridized carbons (Fsp3) is 0.185. The van der Waals surface area contributed by atoms with Gasteiger partial charge in [0, 0.05) is 17.3 Å². The summed E-state index contributed by atoms with van der Waals surface area (Å²) in [6, 6.07) is 18.5. The van der Waals surface area contributed by atoms with Crippen molar-refractivity contribution in [2.75, 3.05) is 0 Å². The number of hydrogen-bond donors (Lipinski definition) is 1. The van der Waals surface area contributed by atoms with Crippen molar-refractivity contribution in [3.63, 3.8) is 0 Å². The SMILES string of the molecule is CC(C)(C)c1ccc2nc(-c3ccc(-c4ncc(C(F)(F)F)cc4Cl)c4ccccc34)[nH]c2c1. The molecule has 5 rings (SSSR count). The first-order chi connectivity index (χ1) is 16.0. The lowest BCUT2D eigenvalue weighted by Gasteiger charge is -2.18. The molecule has 0 amide bonds. The van der Waals surface area contributed by atoms with Crippen LogP contribution in [0.15, 0.2) is 66.9 Å². The number of halogens is 4. The predicted molar refractivity (Wildman–Crippen MR) is 131 cm³/mol. The molecule has 3 nitrogen and oxygen atoms in total. The summed E-state index contributed by atoms with van der Waals surface area (Å²) in [7, 11) is 0. The number of pyridine rings is 1. The number of imidazole rings is 1. The van der Waals surface area contributed by atoms with E-state index in [1.165, 1.54) is 5.56 Å². The zero-order valence-electron chi connectivity index (χ0n) is 18.8. The van der Waals surface area contributed by atoms with E-state index in [0.29, 0.717) is 11.3 Å². The van der Waals surface area contributed by atoms with Gasteiger partial charge in [0.15, 0.2) is 0 Å². The van der Waals surface area contributed by atoms with Crippen LogP contribution in [-0.2, 0) is 11.6 Å². The number of H-pyrrole nitrogens is 1. The molecule has 0 aliphatic heterocycles. The van der Waals surface area contributed by atoms with Gasteiger partial charge in [-0.3, -0.25) is 4.98 Å². The topological polar surface area (TPSA) is 41.6 Å². The van der Waals surface area contributed by atoms with Crippen LogP contribution < -0.4 is 0 Å². The number of aromatic amines is 1. The molecule has 0 fully saturated rings. The minimum atomic E-state index is -4.50. The Morgan fingerprint density at radius 1 is 0.824 bits per heavy atom. The summed E-state index contributed by atoms with van der Waals surface area (Å²) in [5.74, 6) is 0.718. The third-order valence-electron chi connectivity index (χ3n) is 5.95. The highest BCUT2D eigenvalue weighted by molar-refractivity contribution is 6.33. The van der Waals surface area contributed by atoms with Crippen molar-refractivity contribution in [1.29, 1.82) is 0 Å². The van der Waals surface area contributed by atoms with Crippen LogP contribution >= 0.6 is 11.6 Å². The van der Waals surface area contributed by atoms with Gasteiger partial charge in [0.05, 0.1) is 27.3 Å². The minimum Gasteiger partial charge on any atom is -0.338 e. The highest BCUT2D eigenvalue weighted by atomic mass is 35.5. The van der Waals surface area contributed by atoms with Crippen LogP contribution in [0.4, 0.5) is 13.2 Å². The molecule has 0 saturated carbocycles. The molecule has 0 spiro atoms. The summed E-state index contributed by atoms with van der Waals surface area (Å²) < 4.78 is 39.2. The van der Waals surface area contributed by atoms with Gasteiger partial charge < -0.3 is 4.98 Å². The molecule has 2 aromatic heterocycles. The van der Waals surface area contributed by atoms with E-state index in [2.05, 4.69) is 42.9 Å². The Labute approximate surface area is 199 Å². The van der Waals surface area contributed by atoms with Gasteiger partial charge >= 0.3 is 6.18 Å². The number of nitrogens with zero attached hydrogens (tertiary/aromatic N) is 2. The summed E-state index contributed by atoms with van der Waals surface area (Å²) in [5.41, 5.74) is 4.00. The normalized spacial score (nSPS) is 12.6. The maximum absolute atomic E-state index is 13.1. The van der Waals surface area contributed by atoms with Gasteiger partial charge in [-0.1, -0.05) is 68.8 Å². The van der Waals surface area contributed by atoms with Crippen molar-refractivity contribution < 1.29 is 13.2 Å². The van der Waals surface area contributed by atoms with Crippen molar-refractivity contribution in [3.8, 4) is 22.6 Å². The van der Waals surface area contributed by atoms with E-state index in [-0.39, 0.29) is 10.4 Å². The molecule has 3 aromatic carbocycles. The number of hydrogen-bond acceptors (Lipinski definition) is 2. The number of nitrogens with one attached hydrogen (secondary N) is 1. The average Bonchev–Trinajstić information content (AvgIpc) is 3.20. The van der Waals surface area contributed by atoms with E-state index in [0.717, 1.165) is 45.5 Å². The summed E-state index contributed by atoms with van der Waals surface area (Å²) in [4.78, 5) is 12.3. The van der Waals surface area contributed by atoms with E-state index >= 15 is 0 Å². The smallest absolute Gasteiger partial charge is 0.338 e. The Kier molecular flexibility index (Phi) is 5.17. The van der Waals surface area contributed by atoms with Crippen LogP contribution in [0, 0.1) is 0 Å². The Morgan fingerprint density at radius 3 is 2.15 bits per heavy atom. The van der Waals surface area contributed by atoms with Crippen molar-refractivity contribution in [2.24, 2.45) is 0 Å². The van der Waals surface area contributed by atoms with E-state index < -0.39 is 11.7 Å². The number of fused-ring (bicyclic) bond motifs is 2. The van der Waals surface area contributed by atoms with Crippen LogP contribution in [0.2, 0.25) is 5.02 Å². The summed E-state index contributed by atoms with van der Waals surface area (Å²) in [5, 5.41) is 1.67. The fourth-order valence-electron chi connectivity index (χ4n) is 4.11. The zero-order valence-corrected chi connectivity index (χ0v) is 19.5. The highest BCUT2D eigenvalue weighted by Gasteiger charge is 2.32. The molecular formula is C27H21ClF3N3. The lowest BCUT2D eigenvalue weighted by molar-refractivity contribution is -0.137. The lowest BCUT2D eigenvalue weighted by atomic mass is 9.87. The van der Waals surface area contributed by atoms with Gasteiger partial charge in [0.1, 0.15) is 5.82 Å². The summed E-state index contributed by atoms with van der Waals surface area (Å²) in [6.45, 7) is 6.49. The monoisotopic (exact) mass is 479 g/mol. The Hall–Kier alpha value is -3.38. The van der Waals surface area contributed by atoms with Crippen molar-refractivity contribution in [3.05, 3.63) is 83.0 Å². The Bertz CT molecular complexity index is 1550. The molecule has 1 N–H and O–H groups in total. The molecule has 172 valence electrons. The van der Waals surface area contributed by atoms with Gasteiger partial charge in [0.25, 0.3) is 0 Å². The molecule has 0 aliphatic rings. The average molecular weight is 480 g/mol. The molecule has 34 heavy (non-hydrogen) atoms. The van der Waals surface area contributed by atoms with Crippen LogP contribution in [0.3, 0.4) is 0 Å². The van der Waals surface area contributed by atoms with E-state index in [1.54, 1.807) is 0 Å². The van der Waals surface area contributed by atoms with Crippen molar-refractivity contribution in [2.45, 2.75) is 32.4 Å². The largest absolute Gasteiger partial charge is 0.417 e. The second-order valence-corrected chi connectivity index (χ2v) is 9.73. The van der Waals surface area contributed by atoms with E-state index in [9.17, 15) is 13.2 Å². The minimum absolute atomic E-state index is 0.0156. The quantitative estimate of drug-likeness (QED) is 0.276. The summed E-state index contributed by atoms with van der Waals surface area (Å²) in [6.07, 6.45) is -3.69. The predicted octanol–water partition coefficient (Wildman–Crippen LogP) is 8.41. The fourth-order valence-corrected chi connectivity index (χ4v) is 4.38. The van der Waals surface area contributed by atoms with Crippen molar-refractivity contribution in [1.82, 2.24) is 15.0 Å². The van der Waals surface area contributed by atoms with Crippen molar-refractivity contribution >= 4 is 33.4 Å². The van der Waals surface area contributed by atoms with Gasteiger partial charge in [-0.05, 0) is 46.0 Å². The first-order valence-corrected chi connectivity index (χ1v) is 11.2. The maximum Gasteiger partial charge on any atom is 0.417 e.